The number of nitrogens with one attached hydrogen (secondary N) is 2. The Balaban J connectivity index is 1.35. The Bertz CT molecular complexity index is 1300. The van der Waals surface area contributed by atoms with Crippen molar-refractivity contribution in [1.82, 2.24) is 20.0 Å². The first-order valence-electron chi connectivity index (χ1n) is 10.5. The van der Waals surface area contributed by atoms with Gasteiger partial charge in [0.15, 0.2) is 5.13 Å². The van der Waals surface area contributed by atoms with Gasteiger partial charge in [-0.25, -0.2) is 4.98 Å². The zero-order valence-electron chi connectivity index (χ0n) is 18.9. The van der Waals surface area contributed by atoms with E-state index in [4.69, 9.17) is 4.52 Å². The van der Waals surface area contributed by atoms with Crippen molar-refractivity contribution >= 4 is 28.3 Å². The number of benzene rings is 1. The Morgan fingerprint density at radius 3 is 2.55 bits per heavy atom. The SMILES string of the molecule is Cc1cc(-c2cccc(-c3csc(NC(=O)CNC(=O)c4ccn(C(C)(C)C)c4)n3)c2)no1. The van der Waals surface area contributed by atoms with Crippen LogP contribution in [0.15, 0.2) is 58.7 Å². The number of amides is 2. The van der Waals surface area contributed by atoms with Crippen LogP contribution < -0.4 is 10.6 Å². The Kier molecular flexibility index (Phi) is 6.15. The third-order valence-electron chi connectivity index (χ3n) is 4.97. The van der Waals surface area contributed by atoms with Gasteiger partial charge in [0.1, 0.15) is 11.5 Å². The van der Waals surface area contributed by atoms with Crippen LogP contribution in [0.5, 0.6) is 0 Å². The fourth-order valence-corrected chi connectivity index (χ4v) is 3.91. The fraction of sp³-hybridized carbons (Fsp3) is 0.250. The second-order valence-corrected chi connectivity index (χ2v) is 9.51. The normalized spacial score (nSPS) is 11.4. The third kappa shape index (κ3) is 5.38. The minimum absolute atomic E-state index is 0.119. The Labute approximate surface area is 195 Å². The number of rotatable bonds is 6. The maximum absolute atomic E-state index is 12.4. The number of carbonyl (C=O) groups excluding carboxylic acids is 2. The molecule has 0 bridgehead atoms. The van der Waals surface area contributed by atoms with Crippen LogP contribution in [0.2, 0.25) is 0 Å². The molecule has 1 aromatic carbocycles. The highest BCUT2D eigenvalue weighted by atomic mass is 32.1. The maximum atomic E-state index is 12.4. The fourth-order valence-electron chi connectivity index (χ4n) is 3.18. The molecule has 0 fully saturated rings. The van der Waals surface area contributed by atoms with Crippen LogP contribution >= 0.6 is 11.3 Å². The summed E-state index contributed by atoms with van der Waals surface area (Å²) in [6.07, 6.45) is 3.62. The number of hydrogen-bond acceptors (Lipinski definition) is 6. The molecular formula is C24H25N5O3S. The van der Waals surface area contributed by atoms with Gasteiger partial charge in [0.25, 0.3) is 5.91 Å². The average molecular weight is 464 g/mol. The average Bonchev–Trinajstić information content (AvgIpc) is 3.52. The first-order chi connectivity index (χ1) is 15.7. The van der Waals surface area contributed by atoms with Crippen molar-refractivity contribution in [3.05, 3.63) is 65.5 Å². The summed E-state index contributed by atoms with van der Waals surface area (Å²) < 4.78 is 7.11. The Morgan fingerprint density at radius 2 is 1.88 bits per heavy atom. The highest BCUT2D eigenvalue weighted by Gasteiger charge is 2.16. The van der Waals surface area contributed by atoms with Crippen molar-refractivity contribution in [2.24, 2.45) is 0 Å². The van der Waals surface area contributed by atoms with Crippen molar-refractivity contribution in [1.29, 1.82) is 0 Å². The molecule has 3 heterocycles. The van der Waals surface area contributed by atoms with Crippen LogP contribution in [-0.4, -0.2) is 33.1 Å². The number of anilines is 1. The van der Waals surface area contributed by atoms with Crippen LogP contribution in [0.3, 0.4) is 0 Å². The van der Waals surface area contributed by atoms with Gasteiger partial charge in [-0.05, 0) is 39.8 Å². The van der Waals surface area contributed by atoms with Crippen LogP contribution in [0.4, 0.5) is 5.13 Å². The van der Waals surface area contributed by atoms with Gasteiger partial charge in [-0.3, -0.25) is 9.59 Å². The summed E-state index contributed by atoms with van der Waals surface area (Å²) in [5.41, 5.74) is 3.71. The molecular weight excluding hydrogens is 438 g/mol. The summed E-state index contributed by atoms with van der Waals surface area (Å²) in [5, 5.41) is 11.8. The monoisotopic (exact) mass is 463 g/mol. The lowest BCUT2D eigenvalue weighted by atomic mass is 10.1. The molecule has 8 nitrogen and oxygen atoms in total. The number of thiazole rings is 1. The molecule has 2 N–H and O–H groups in total. The maximum Gasteiger partial charge on any atom is 0.253 e. The smallest absolute Gasteiger partial charge is 0.253 e. The van der Waals surface area contributed by atoms with Crippen LogP contribution in [0.1, 0.15) is 36.9 Å². The summed E-state index contributed by atoms with van der Waals surface area (Å²) >= 11 is 1.32. The second kappa shape index (κ2) is 9.03. The molecule has 9 heteroatoms. The quantitative estimate of drug-likeness (QED) is 0.432. The van der Waals surface area contributed by atoms with E-state index in [9.17, 15) is 9.59 Å². The predicted octanol–water partition coefficient (Wildman–Crippen LogP) is 4.70. The molecule has 0 atom stereocenters. The molecule has 2 amide bonds. The minimum atomic E-state index is -0.341. The number of aromatic nitrogens is 3. The van der Waals surface area contributed by atoms with Crippen molar-refractivity contribution in [3.63, 3.8) is 0 Å². The molecule has 3 aromatic heterocycles. The molecule has 0 aliphatic heterocycles. The topological polar surface area (TPSA) is 102 Å². The van der Waals surface area contributed by atoms with E-state index in [1.807, 2.05) is 53.4 Å². The Hall–Kier alpha value is -3.72. The van der Waals surface area contributed by atoms with E-state index in [-0.39, 0.29) is 23.9 Å². The van der Waals surface area contributed by atoms with Gasteiger partial charge in [-0.15, -0.1) is 11.3 Å². The number of hydrogen-bond donors (Lipinski definition) is 2. The largest absolute Gasteiger partial charge is 0.361 e. The zero-order chi connectivity index (χ0) is 23.6. The number of carbonyl (C=O) groups is 2. The molecule has 0 saturated carbocycles. The molecule has 0 radical (unpaired) electrons. The summed E-state index contributed by atoms with van der Waals surface area (Å²) in [6.45, 7) is 7.86. The Morgan fingerprint density at radius 1 is 1.12 bits per heavy atom. The van der Waals surface area contributed by atoms with E-state index in [1.54, 1.807) is 12.3 Å². The zero-order valence-corrected chi connectivity index (χ0v) is 19.7. The summed E-state index contributed by atoms with van der Waals surface area (Å²) in [6, 6.07) is 11.4. The van der Waals surface area contributed by atoms with Crippen molar-refractivity contribution in [2.75, 3.05) is 11.9 Å². The highest BCUT2D eigenvalue weighted by molar-refractivity contribution is 7.14. The van der Waals surface area contributed by atoms with Gasteiger partial charge in [-0.1, -0.05) is 23.4 Å². The number of nitrogens with zero attached hydrogens (tertiary/aromatic N) is 3. The lowest BCUT2D eigenvalue weighted by Gasteiger charge is -2.20. The lowest BCUT2D eigenvalue weighted by Crippen LogP contribution is -2.32. The second-order valence-electron chi connectivity index (χ2n) is 8.65. The third-order valence-corrected chi connectivity index (χ3v) is 5.73. The van der Waals surface area contributed by atoms with E-state index in [2.05, 4.69) is 41.5 Å². The minimum Gasteiger partial charge on any atom is -0.361 e. The van der Waals surface area contributed by atoms with E-state index < -0.39 is 0 Å². The molecule has 0 saturated heterocycles. The first kappa shape index (κ1) is 22.5. The summed E-state index contributed by atoms with van der Waals surface area (Å²) in [5.74, 6) is 0.104. The molecule has 0 spiro atoms. The molecule has 0 aliphatic rings. The molecule has 0 aliphatic carbocycles. The van der Waals surface area contributed by atoms with E-state index in [0.717, 1.165) is 28.3 Å². The highest BCUT2D eigenvalue weighted by Crippen LogP contribution is 2.28. The molecule has 0 unspecified atom stereocenters. The van der Waals surface area contributed by atoms with Gasteiger partial charge < -0.3 is 19.7 Å². The van der Waals surface area contributed by atoms with Crippen LogP contribution in [0.25, 0.3) is 22.5 Å². The van der Waals surface area contributed by atoms with Gasteiger partial charge >= 0.3 is 0 Å². The van der Waals surface area contributed by atoms with Gasteiger partial charge in [0, 0.05) is 40.5 Å². The van der Waals surface area contributed by atoms with E-state index >= 15 is 0 Å². The molecule has 4 aromatic rings. The van der Waals surface area contributed by atoms with E-state index in [0.29, 0.717) is 10.7 Å². The number of aryl methyl sites for hydroxylation is 1. The van der Waals surface area contributed by atoms with Crippen molar-refractivity contribution in [2.45, 2.75) is 33.2 Å². The summed E-state index contributed by atoms with van der Waals surface area (Å²) in [4.78, 5) is 29.2. The van der Waals surface area contributed by atoms with Crippen molar-refractivity contribution in [3.8, 4) is 22.5 Å². The first-order valence-corrected chi connectivity index (χ1v) is 11.3. The van der Waals surface area contributed by atoms with Crippen LogP contribution in [-0.2, 0) is 10.3 Å². The molecule has 4 rings (SSSR count). The predicted molar refractivity (Wildman–Crippen MR) is 128 cm³/mol. The van der Waals surface area contributed by atoms with Gasteiger partial charge in [0.05, 0.1) is 17.8 Å². The lowest BCUT2D eigenvalue weighted by molar-refractivity contribution is -0.115. The molecule has 170 valence electrons. The summed E-state index contributed by atoms with van der Waals surface area (Å²) in [7, 11) is 0. The standard InChI is InChI=1S/C24H25N5O3S/c1-15-10-19(28-32-15)16-6-5-7-17(11-16)20-14-33-23(26-20)27-21(30)12-25-22(31)18-8-9-29(13-18)24(2,3)4/h5-11,13-14H,12H2,1-4H3,(H,25,31)(H,26,27,30). The van der Waals surface area contributed by atoms with E-state index in [1.165, 1.54) is 11.3 Å². The van der Waals surface area contributed by atoms with Crippen LogP contribution in [0, 0.1) is 6.92 Å². The van der Waals surface area contributed by atoms with Gasteiger partial charge in [-0.2, -0.15) is 0 Å². The van der Waals surface area contributed by atoms with Crippen molar-refractivity contribution < 1.29 is 14.1 Å². The molecule has 33 heavy (non-hydrogen) atoms. The van der Waals surface area contributed by atoms with Gasteiger partial charge in [0.2, 0.25) is 5.91 Å².